The molecule has 3 rings (SSSR count). The second kappa shape index (κ2) is 12.4. The number of nitrogens with zero attached hydrogens (tertiary/aromatic N) is 1. The van der Waals surface area contributed by atoms with Crippen LogP contribution < -0.4 is 25.0 Å². The third-order valence-electron chi connectivity index (χ3n) is 4.90. The molecule has 0 saturated carbocycles. The summed E-state index contributed by atoms with van der Waals surface area (Å²) in [6.07, 6.45) is 1.33. The molecule has 3 aromatic carbocycles. The Bertz CT molecular complexity index is 1290. The molecule has 0 bridgehead atoms. The van der Waals surface area contributed by atoms with E-state index in [0.717, 1.165) is 0 Å². The highest BCUT2D eigenvalue weighted by atomic mass is 35.5. The standard InChI is InChI=1S/C26H24ClN3O6/c1-4-35-23-14-17(8-13-22(23)36-26(33)18-9-11-19(34-3)12-10-18)15-28-30-25(32)24(31)29-21-7-5-6-20(27)16(21)2/h5-15H,4H2,1-3H3,(H,29,31)(H,30,32)/b28-15-. The van der Waals surface area contributed by atoms with Crippen molar-refractivity contribution in [2.75, 3.05) is 19.0 Å². The highest BCUT2D eigenvalue weighted by Crippen LogP contribution is 2.29. The molecule has 2 amide bonds. The molecule has 0 atom stereocenters. The van der Waals surface area contributed by atoms with Crippen molar-refractivity contribution in [3.63, 3.8) is 0 Å². The number of rotatable bonds is 8. The van der Waals surface area contributed by atoms with Gasteiger partial charge in [0.05, 0.1) is 25.5 Å². The van der Waals surface area contributed by atoms with Crippen LogP contribution in [0, 0.1) is 6.92 Å². The monoisotopic (exact) mass is 509 g/mol. The molecule has 0 saturated heterocycles. The normalized spacial score (nSPS) is 10.6. The van der Waals surface area contributed by atoms with Crippen LogP contribution in [0.25, 0.3) is 0 Å². The van der Waals surface area contributed by atoms with Gasteiger partial charge in [-0.2, -0.15) is 5.10 Å². The molecule has 10 heteroatoms. The van der Waals surface area contributed by atoms with Crippen LogP contribution in [0.3, 0.4) is 0 Å². The number of nitrogens with one attached hydrogen (secondary N) is 2. The van der Waals surface area contributed by atoms with E-state index in [-0.39, 0.29) is 5.75 Å². The summed E-state index contributed by atoms with van der Waals surface area (Å²) in [7, 11) is 1.54. The lowest BCUT2D eigenvalue weighted by atomic mass is 10.2. The number of hydrazone groups is 1. The molecule has 36 heavy (non-hydrogen) atoms. The average molecular weight is 510 g/mol. The maximum atomic E-state index is 12.5. The third kappa shape index (κ3) is 6.83. The summed E-state index contributed by atoms with van der Waals surface area (Å²) in [4.78, 5) is 36.7. The predicted octanol–water partition coefficient (Wildman–Crippen LogP) is 4.36. The number of esters is 1. The Morgan fingerprint density at radius 2 is 1.75 bits per heavy atom. The van der Waals surface area contributed by atoms with E-state index in [4.69, 9.17) is 25.8 Å². The Balaban J connectivity index is 1.64. The van der Waals surface area contributed by atoms with Gasteiger partial charge in [0.2, 0.25) is 0 Å². The van der Waals surface area contributed by atoms with Crippen LogP contribution in [0.4, 0.5) is 5.69 Å². The van der Waals surface area contributed by atoms with Crippen molar-refractivity contribution in [1.82, 2.24) is 5.43 Å². The topological polar surface area (TPSA) is 115 Å². The maximum Gasteiger partial charge on any atom is 0.343 e. The minimum atomic E-state index is -0.958. The molecule has 0 aliphatic carbocycles. The van der Waals surface area contributed by atoms with Gasteiger partial charge in [-0.05, 0) is 79.6 Å². The molecule has 0 fully saturated rings. The lowest BCUT2D eigenvalue weighted by molar-refractivity contribution is -0.136. The molecule has 9 nitrogen and oxygen atoms in total. The number of ether oxygens (including phenoxy) is 3. The van der Waals surface area contributed by atoms with Gasteiger partial charge >= 0.3 is 17.8 Å². The van der Waals surface area contributed by atoms with Crippen molar-refractivity contribution in [3.05, 3.63) is 82.4 Å². The Kier molecular flexibility index (Phi) is 9.01. The molecule has 0 aliphatic rings. The summed E-state index contributed by atoms with van der Waals surface area (Å²) < 4.78 is 16.2. The highest BCUT2D eigenvalue weighted by molar-refractivity contribution is 6.40. The third-order valence-corrected chi connectivity index (χ3v) is 5.31. The summed E-state index contributed by atoms with van der Waals surface area (Å²) in [6, 6.07) is 16.2. The number of hydrogen-bond donors (Lipinski definition) is 2. The van der Waals surface area contributed by atoms with Gasteiger partial charge in [-0.15, -0.1) is 0 Å². The quantitative estimate of drug-likeness (QED) is 0.153. The summed E-state index contributed by atoms with van der Waals surface area (Å²) in [5.41, 5.74) is 4.11. The fourth-order valence-corrected chi connectivity index (χ4v) is 3.16. The van der Waals surface area contributed by atoms with Gasteiger partial charge < -0.3 is 19.5 Å². The van der Waals surface area contributed by atoms with Crippen LogP contribution in [0.5, 0.6) is 17.2 Å². The van der Waals surface area contributed by atoms with Crippen molar-refractivity contribution < 1.29 is 28.6 Å². The summed E-state index contributed by atoms with van der Waals surface area (Å²) in [5.74, 6) is -1.27. The molecule has 0 aromatic heterocycles. The lowest BCUT2D eigenvalue weighted by Crippen LogP contribution is -2.32. The SMILES string of the molecule is CCOc1cc(/C=N\NC(=O)C(=O)Nc2cccc(Cl)c2C)ccc1OC(=O)c1ccc(OC)cc1. The Morgan fingerprint density at radius 3 is 2.44 bits per heavy atom. The van der Waals surface area contributed by atoms with E-state index in [1.165, 1.54) is 13.3 Å². The van der Waals surface area contributed by atoms with Crippen LogP contribution >= 0.6 is 11.6 Å². The Hall–Kier alpha value is -4.37. The number of amides is 2. The Morgan fingerprint density at radius 1 is 1.00 bits per heavy atom. The molecule has 0 spiro atoms. The lowest BCUT2D eigenvalue weighted by Gasteiger charge is -2.11. The fourth-order valence-electron chi connectivity index (χ4n) is 2.98. The first-order valence-electron chi connectivity index (χ1n) is 10.8. The van der Waals surface area contributed by atoms with Crippen molar-refractivity contribution in [1.29, 1.82) is 0 Å². The van der Waals surface area contributed by atoms with Crippen molar-refractivity contribution >= 4 is 41.3 Å². The predicted molar refractivity (Wildman–Crippen MR) is 136 cm³/mol. The summed E-state index contributed by atoms with van der Waals surface area (Å²) in [6.45, 7) is 3.84. The molecule has 0 aliphatic heterocycles. The van der Waals surface area contributed by atoms with E-state index in [2.05, 4.69) is 15.8 Å². The van der Waals surface area contributed by atoms with Crippen LogP contribution in [-0.4, -0.2) is 37.7 Å². The van der Waals surface area contributed by atoms with E-state index in [0.29, 0.717) is 45.5 Å². The zero-order valence-corrected chi connectivity index (χ0v) is 20.6. The zero-order chi connectivity index (χ0) is 26.1. The highest BCUT2D eigenvalue weighted by Gasteiger charge is 2.16. The molecule has 2 N–H and O–H groups in total. The van der Waals surface area contributed by atoms with Crippen molar-refractivity contribution in [2.24, 2.45) is 5.10 Å². The maximum absolute atomic E-state index is 12.5. The van der Waals surface area contributed by atoms with Crippen LogP contribution in [0.1, 0.15) is 28.4 Å². The molecule has 186 valence electrons. The Labute approximate surface area is 213 Å². The zero-order valence-electron chi connectivity index (χ0n) is 19.8. The van der Waals surface area contributed by atoms with Gasteiger partial charge in [0.15, 0.2) is 11.5 Å². The number of carbonyl (C=O) groups excluding carboxylic acids is 3. The van der Waals surface area contributed by atoms with Crippen molar-refractivity contribution in [2.45, 2.75) is 13.8 Å². The van der Waals surface area contributed by atoms with E-state index < -0.39 is 17.8 Å². The molecule has 0 heterocycles. The average Bonchev–Trinajstić information content (AvgIpc) is 2.88. The molecule has 0 radical (unpaired) electrons. The minimum Gasteiger partial charge on any atom is -0.497 e. The number of halogens is 1. The van der Waals surface area contributed by atoms with Crippen LogP contribution in [-0.2, 0) is 9.59 Å². The van der Waals surface area contributed by atoms with E-state index >= 15 is 0 Å². The summed E-state index contributed by atoms with van der Waals surface area (Å²) >= 11 is 6.03. The first-order chi connectivity index (χ1) is 17.3. The number of benzene rings is 3. The van der Waals surface area contributed by atoms with Crippen molar-refractivity contribution in [3.8, 4) is 17.2 Å². The van der Waals surface area contributed by atoms with Gasteiger partial charge in [0, 0.05) is 10.7 Å². The number of anilines is 1. The number of carbonyl (C=O) groups is 3. The second-order valence-electron chi connectivity index (χ2n) is 7.32. The van der Waals surface area contributed by atoms with Crippen LogP contribution in [0.2, 0.25) is 5.02 Å². The first kappa shape index (κ1) is 26.2. The van der Waals surface area contributed by atoms with E-state index in [1.807, 2.05) is 0 Å². The van der Waals surface area contributed by atoms with Gasteiger partial charge in [-0.3, -0.25) is 9.59 Å². The second-order valence-corrected chi connectivity index (χ2v) is 7.73. The molecular formula is C26H24ClN3O6. The molecule has 3 aromatic rings. The van der Waals surface area contributed by atoms with Gasteiger partial charge in [-0.25, -0.2) is 10.2 Å². The van der Waals surface area contributed by atoms with Gasteiger partial charge in [-0.1, -0.05) is 17.7 Å². The number of hydrogen-bond acceptors (Lipinski definition) is 7. The smallest absolute Gasteiger partial charge is 0.343 e. The number of methoxy groups -OCH3 is 1. The fraction of sp³-hybridized carbons (Fsp3) is 0.154. The van der Waals surface area contributed by atoms with E-state index in [1.54, 1.807) is 74.5 Å². The first-order valence-corrected chi connectivity index (χ1v) is 11.2. The molecule has 0 unspecified atom stereocenters. The summed E-state index contributed by atoms with van der Waals surface area (Å²) in [5, 5.41) is 6.77. The van der Waals surface area contributed by atoms with Gasteiger partial charge in [0.1, 0.15) is 5.75 Å². The largest absolute Gasteiger partial charge is 0.497 e. The van der Waals surface area contributed by atoms with Crippen LogP contribution in [0.15, 0.2) is 65.8 Å². The van der Waals surface area contributed by atoms with E-state index in [9.17, 15) is 14.4 Å². The minimum absolute atomic E-state index is 0.218. The molecular weight excluding hydrogens is 486 g/mol. The van der Waals surface area contributed by atoms with Gasteiger partial charge in [0.25, 0.3) is 0 Å².